The third kappa shape index (κ3) is 2.35. The number of ether oxygens (including phenoxy) is 1. The van der Waals surface area contributed by atoms with Crippen LogP contribution in [0.25, 0.3) is 5.69 Å². The van der Waals surface area contributed by atoms with E-state index in [0.29, 0.717) is 0 Å². The Balaban J connectivity index is 2.66. The van der Waals surface area contributed by atoms with Crippen molar-refractivity contribution in [2.75, 3.05) is 7.11 Å². The van der Waals surface area contributed by atoms with Crippen molar-refractivity contribution < 1.29 is 18.7 Å². The second-order valence-electron chi connectivity index (χ2n) is 3.68. The summed E-state index contributed by atoms with van der Waals surface area (Å²) in [4.78, 5) is 26.6. The number of nitrogens with zero attached hydrogens (tertiary/aromatic N) is 3. The third-order valence-electron chi connectivity index (χ3n) is 2.42. The molecule has 6 nitrogen and oxygen atoms in total. The summed E-state index contributed by atoms with van der Waals surface area (Å²) in [5, 5.41) is 3.91. The van der Waals surface area contributed by atoms with Gasteiger partial charge in [-0.1, -0.05) is 0 Å². The molecule has 19 heavy (non-hydrogen) atoms. The van der Waals surface area contributed by atoms with E-state index in [1.807, 2.05) is 0 Å². The SMILES string of the molecule is COC(=O)c1nc(C(C)=O)c(-n2cccn2)cc1F. The Labute approximate surface area is 107 Å². The smallest absolute Gasteiger partial charge is 0.359 e. The first-order valence-corrected chi connectivity index (χ1v) is 5.34. The van der Waals surface area contributed by atoms with Gasteiger partial charge in [-0.25, -0.2) is 18.9 Å². The molecule has 2 rings (SSSR count). The quantitative estimate of drug-likeness (QED) is 0.618. The van der Waals surface area contributed by atoms with Crippen LogP contribution >= 0.6 is 0 Å². The molecule has 0 fully saturated rings. The second kappa shape index (κ2) is 4.97. The molecule has 2 aromatic heterocycles. The fraction of sp³-hybridized carbons (Fsp3) is 0.167. The van der Waals surface area contributed by atoms with Crippen molar-refractivity contribution >= 4 is 11.8 Å². The highest BCUT2D eigenvalue weighted by atomic mass is 19.1. The number of carbonyl (C=O) groups is 2. The molecule has 0 amide bonds. The lowest BCUT2D eigenvalue weighted by Crippen LogP contribution is -2.15. The number of aromatic nitrogens is 3. The fourth-order valence-corrected chi connectivity index (χ4v) is 1.56. The highest BCUT2D eigenvalue weighted by molar-refractivity contribution is 5.97. The Morgan fingerprint density at radius 3 is 2.63 bits per heavy atom. The molecule has 0 unspecified atom stereocenters. The van der Waals surface area contributed by atoms with E-state index in [0.717, 1.165) is 13.2 Å². The first-order valence-electron chi connectivity index (χ1n) is 5.34. The highest BCUT2D eigenvalue weighted by Crippen LogP contribution is 2.17. The molecule has 0 saturated carbocycles. The lowest BCUT2D eigenvalue weighted by molar-refractivity contribution is 0.0588. The standard InChI is InChI=1S/C12H10FN3O3/c1-7(17)10-9(16-5-3-4-14-16)6-8(13)11(15-10)12(18)19-2/h3-6H,1-2H3. The van der Waals surface area contributed by atoms with Crippen molar-refractivity contribution in [3.05, 3.63) is 41.7 Å². The van der Waals surface area contributed by atoms with Gasteiger partial charge in [-0.2, -0.15) is 5.10 Å². The van der Waals surface area contributed by atoms with Crippen LogP contribution in [0.2, 0.25) is 0 Å². The average Bonchev–Trinajstić information content (AvgIpc) is 2.90. The Morgan fingerprint density at radius 2 is 2.11 bits per heavy atom. The third-order valence-corrected chi connectivity index (χ3v) is 2.42. The van der Waals surface area contributed by atoms with Gasteiger partial charge in [-0.05, 0) is 6.07 Å². The number of ketones is 1. The molecule has 0 aliphatic carbocycles. The highest BCUT2D eigenvalue weighted by Gasteiger charge is 2.21. The molecule has 0 radical (unpaired) electrons. The van der Waals surface area contributed by atoms with Crippen LogP contribution in [0.15, 0.2) is 24.5 Å². The van der Waals surface area contributed by atoms with Crippen LogP contribution in [-0.2, 0) is 4.74 Å². The van der Waals surface area contributed by atoms with Crippen LogP contribution in [0.4, 0.5) is 4.39 Å². The minimum absolute atomic E-state index is 0.0505. The molecule has 98 valence electrons. The molecule has 0 bridgehead atoms. The first-order chi connectivity index (χ1) is 9.04. The number of hydrogen-bond acceptors (Lipinski definition) is 5. The maximum absolute atomic E-state index is 13.8. The maximum atomic E-state index is 13.8. The van der Waals surface area contributed by atoms with Gasteiger partial charge in [0.05, 0.1) is 12.8 Å². The average molecular weight is 263 g/mol. The zero-order chi connectivity index (χ0) is 14.0. The molecule has 7 heteroatoms. The summed E-state index contributed by atoms with van der Waals surface area (Å²) < 4.78 is 19.5. The van der Waals surface area contributed by atoms with E-state index >= 15 is 0 Å². The van der Waals surface area contributed by atoms with Gasteiger partial charge in [-0.3, -0.25) is 4.79 Å². The summed E-state index contributed by atoms with van der Waals surface area (Å²) in [6.45, 7) is 1.27. The summed E-state index contributed by atoms with van der Waals surface area (Å²) in [5.74, 6) is -2.22. The van der Waals surface area contributed by atoms with Crippen molar-refractivity contribution in [2.24, 2.45) is 0 Å². The van der Waals surface area contributed by atoms with E-state index in [9.17, 15) is 14.0 Å². The summed E-state index contributed by atoms with van der Waals surface area (Å²) in [5.41, 5.74) is -0.406. The Morgan fingerprint density at radius 1 is 1.37 bits per heavy atom. The van der Waals surface area contributed by atoms with Gasteiger partial charge in [0.25, 0.3) is 0 Å². The van der Waals surface area contributed by atoms with Crippen LogP contribution in [0.5, 0.6) is 0 Å². The predicted octanol–water partition coefficient (Wildman–Crippen LogP) is 1.40. The molecular weight excluding hydrogens is 253 g/mol. The van der Waals surface area contributed by atoms with Crippen molar-refractivity contribution in [2.45, 2.75) is 6.92 Å². The van der Waals surface area contributed by atoms with E-state index < -0.39 is 23.3 Å². The lowest BCUT2D eigenvalue weighted by atomic mass is 10.2. The number of hydrogen-bond donors (Lipinski definition) is 0. The second-order valence-corrected chi connectivity index (χ2v) is 3.68. The number of methoxy groups -OCH3 is 1. The number of rotatable bonds is 3. The Kier molecular flexibility index (Phi) is 3.37. The monoisotopic (exact) mass is 263 g/mol. The fourth-order valence-electron chi connectivity index (χ4n) is 1.56. The topological polar surface area (TPSA) is 74.1 Å². The number of carbonyl (C=O) groups excluding carboxylic acids is 2. The van der Waals surface area contributed by atoms with Crippen LogP contribution in [0.3, 0.4) is 0 Å². The predicted molar refractivity (Wildman–Crippen MR) is 62.7 cm³/mol. The Hall–Kier alpha value is -2.57. The van der Waals surface area contributed by atoms with Crippen LogP contribution in [0.1, 0.15) is 27.9 Å². The molecule has 0 N–H and O–H groups in total. The molecule has 0 saturated heterocycles. The molecule has 0 aromatic carbocycles. The molecule has 2 aromatic rings. The molecule has 0 aliphatic heterocycles. The van der Waals surface area contributed by atoms with E-state index in [-0.39, 0.29) is 11.4 Å². The number of halogens is 1. The Bertz CT molecular complexity index is 638. The van der Waals surface area contributed by atoms with Gasteiger partial charge in [-0.15, -0.1) is 0 Å². The summed E-state index contributed by atoms with van der Waals surface area (Å²) in [6.07, 6.45) is 3.02. The molecule has 0 aliphatic rings. The zero-order valence-corrected chi connectivity index (χ0v) is 10.3. The number of pyridine rings is 1. The zero-order valence-electron chi connectivity index (χ0n) is 10.3. The maximum Gasteiger partial charge on any atom is 0.359 e. The molecular formula is C12H10FN3O3. The van der Waals surface area contributed by atoms with Crippen molar-refractivity contribution in [1.29, 1.82) is 0 Å². The van der Waals surface area contributed by atoms with Gasteiger partial charge < -0.3 is 4.74 Å². The van der Waals surface area contributed by atoms with E-state index in [1.165, 1.54) is 17.8 Å². The van der Waals surface area contributed by atoms with Crippen LogP contribution in [0, 0.1) is 5.82 Å². The van der Waals surface area contributed by atoms with Crippen LogP contribution < -0.4 is 0 Å². The lowest BCUT2D eigenvalue weighted by Gasteiger charge is -2.09. The minimum atomic E-state index is -0.938. The van der Waals surface area contributed by atoms with Crippen LogP contribution in [-0.4, -0.2) is 33.6 Å². The van der Waals surface area contributed by atoms with Gasteiger partial charge >= 0.3 is 5.97 Å². The van der Waals surface area contributed by atoms with Gasteiger partial charge in [0.2, 0.25) is 0 Å². The normalized spacial score (nSPS) is 10.3. The van der Waals surface area contributed by atoms with E-state index in [1.54, 1.807) is 12.3 Å². The molecule has 0 spiro atoms. The van der Waals surface area contributed by atoms with Gasteiger partial charge in [0.1, 0.15) is 5.69 Å². The first kappa shape index (κ1) is 12.9. The van der Waals surface area contributed by atoms with Gasteiger partial charge in [0, 0.05) is 25.4 Å². The molecule has 0 atom stereocenters. The van der Waals surface area contributed by atoms with E-state index in [2.05, 4.69) is 14.8 Å². The number of esters is 1. The van der Waals surface area contributed by atoms with Crippen molar-refractivity contribution in [3.63, 3.8) is 0 Å². The van der Waals surface area contributed by atoms with Crippen molar-refractivity contribution in [1.82, 2.24) is 14.8 Å². The largest absolute Gasteiger partial charge is 0.464 e. The molecule has 2 heterocycles. The van der Waals surface area contributed by atoms with Gasteiger partial charge in [0.15, 0.2) is 17.3 Å². The number of Topliss-reactive ketones (excluding diaryl/α,β-unsaturated/α-hetero) is 1. The summed E-state index contributed by atoms with van der Waals surface area (Å²) in [6, 6.07) is 2.65. The summed E-state index contributed by atoms with van der Waals surface area (Å²) >= 11 is 0. The van der Waals surface area contributed by atoms with E-state index in [4.69, 9.17) is 0 Å². The summed E-state index contributed by atoms with van der Waals surface area (Å²) in [7, 11) is 1.11. The minimum Gasteiger partial charge on any atom is -0.464 e. The van der Waals surface area contributed by atoms with Crippen molar-refractivity contribution in [3.8, 4) is 5.69 Å².